The summed E-state index contributed by atoms with van der Waals surface area (Å²) in [7, 11) is 1.98. The van der Waals surface area contributed by atoms with Gasteiger partial charge in [-0.05, 0) is 68.4 Å². The summed E-state index contributed by atoms with van der Waals surface area (Å²) in [6, 6.07) is 8.06. The second-order valence-corrected chi connectivity index (χ2v) is 11.1. The van der Waals surface area contributed by atoms with Crippen LogP contribution in [0.3, 0.4) is 0 Å². The molecule has 0 bridgehead atoms. The molecule has 0 saturated heterocycles. The van der Waals surface area contributed by atoms with Gasteiger partial charge in [0, 0.05) is 51.3 Å². The first-order valence-electron chi connectivity index (χ1n) is 14.1. The number of oxazole rings is 1. The third kappa shape index (κ3) is 6.95. The summed E-state index contributed by atoms with van der Waals surface area (Å²) in [5.74, 6) is 2.82. The second-order valence-electron chi connectivity index (χ2n) is 10.8. The monoisotopic (exact) mass is 567 g/mol. The van der Waals surface area contributed by atoms with Crippen LogP contribution in [0, 0.1) is 0 Å². The van der Waals surface area contributed by atoms with E-state index in [0.717, 1.165) is 55.1 Å². The Labute approximate surface area is 240 Å². The van der Waals surface area contributed by atoms with E-state index in [0.29, 0.717) is 47.6 Å². The van der Waals surface area contributed by atoms with E-state index < -0.39 is 6.10 Å². The van der Waals surface area contributed by atoms with Gasteiger partial charge in [0.2, 0.25) is 0 Å². The Morgan fingerprint density at radius 2 is 2.20 bits per heavy atom. The van der Waals surface area contributed by atoms with Crippen LogP contribution in [0.5, 0.6) is 5.75 Å². The van der Waals surface area contributed by atoms with E-state index >= 15 is 0 Å². The van der Waals surface area contributed by atoms with Gasteiger partial charge in [-0.25, -0.2) is 9.97 Å². The molecular weight excluding hydrogens is 530 g/mol. The van der Waals surface area contributed by atoms with Crippen molar-refractivity contribution >= 4 is 29.0 Å². The number of ketones is 1. The Morgan fingerprint density at radius 3 is 2.92 bits per heavy atom. The maximum absolute atomic E-state index is 13.2. The van der Waals surface area contributed by atoms with E-state index in [1.54, 1.807) is 6.20 Å². The van der Waals surface area contributed by atoms with Crippen molar-refractivity contribution in [3.8, 4) is 5.75 Å². The molecule has 2 N–H and O–H groups in total. The van der Waals surface area contributed by atoms with Crippen LogP contribution in [0.4, 0.5) is 11.6 Å². The number of nitrogens with zero attached hydrogens (tertiary/aromatic N) is 4. The zero-order valence-electron chi connectivity index (χ0n) is 23.2. The number of hydrogen-bond acceptors (Lipinski definition) is 9. The highest BCUT2D eigenvalue weighted by molar-refractivity contribution is 6.33. The lowest BCUT2D eigenvalue weighted by Gasteiger charge is -2.31. The van der Waals surface area contributed by atoms with Crippen molar-refractivity contribution < 1.29 is 19.1 Å². The Balaban J connectivity index is 1.14. The van der Waals surface area contributed by atoms with Crippen LogP contribution >= 0.6 is 11.6 Å². The number of β-amino-alcohol motifs (C(OH)–C–C–N with tert-alkyl or cyclic N) is 1. The fraction of sp³-hybridized carbons (Fsp3) is 0.500. The third-order valence-corrected chi connectivity index (χ3v) is 8.27. The van der Waals surface area contributed by atoms with E-state index in [9.17, 15) is 9.90 Å². The first kappa shape index (κ1) is 28.4. The van der Waals surface area contributed by atoms with Crippen LogP contribution in [-0.2, 0) is 19.6 Å². The maximum atomic E-state index is 13.2. The Hall–Kier alpha value is -3.14. The van der Waals surface area contributed by atoms with Crippen molar-refractivity contribution in [3.05, 3.63) is 64.3 Å². The van der Waals surface area contributed by atoms with Gasteiger partial charge in [-0.3, -0.25) is 9.69 Å². The molecule has 1 aliphatic heterocycles. The van der Waals surface area contributed by atoms with Crippen LogP contribution in [0.15, 0.2) is 41.3 Å². The van der Waals surface area contributed by atoms with E-state index in [1.807, 2.05) is 36.2 Å². The number of ether oxygens (including phenoxy) is 1. The molecule has 9 nitrogen and oxygen atoms in total. The minimum Gasteiger partial charge on any atom is -0.484 e. The molecule has 5 rings (SSSR count). The predicted molar refractivity (Wildman–Crippen MR) is 155 cm³/mol. The highest BCUT2D eigenvalue weighted by Crippen LogP contribution is 2.34. The number of aromatic nitrogens is 2. The predicted octanol–water partition coefficient (Wildman–Crippen LogP) is 5.10. The molecule has 0 amide bonds. The van der Waals surface area contributed by atoms with Gasteiger partial charge < -0.3 is 24.5 Å². The highest BCUT2D eigenvalue weighted by Gasteiger charge is 2.24. The molecular formula is C30H38ClN5O4. The van der Waals surface area contributed by atoms with Crippen molar-refractivity contribution in [2.45, 2.75) is 70.7 Å². The number of aliphatic hydroxyl groups is 1. The van der Waals surface area contributed by atoms with Crippen LogP contribution < -0.4 is 15.0 Å². The zero-order chi connectivity index (χ0) is 28.1. The van der Waals surface area contributed by atoms with Gasteiger partial charge in [-0.1, -0.05) is 17.7 Å². The van der Waals surface area contributed by atoms with Crippen molar-refractivity contribution in [1.82, 2.24) is 14.9 Å². The Morgan fingerprint density at radius 1 is 1.35 bits per heavy atom. The number of Topliss-reactive ketones (excluding diaryl/α,β-unsaturated/α-hetero) is 1. The quantitative estimate of drug-likeness (QED) is 0.273. The average Bonchev–Trinajstić information content (AvgIpc) is 3.46. The summed E-state index contributed by atoms with van der Waals surface area (Å²) < 4.78 is 11.1. The molecule has 1 aromatic carbocycles. The van der Waals surface area contributed by atoms with Crippen LogP contribution in [0.1, 0.15) is 66.3 Å². The van der Waals surface area contributed by atoms with Crippen LogP contribution in [-0.4, -0.2) is 64.6 Å². The van der Waals surface area contributed by atoms with Crippen LogP contribution in [0.25, 0.3) is 0 Å². The van der Waals surface area contributed by atoms with Gasteiger partial charge >= 0.3 is 0 Å². The van der Waals surface area contributed by atoms with E-state index in [4.69, 9.17) is 25.7 Å². The molecule has 40 heavy (non-hydrogen) atoms. The summed E-state index contributed by atoms with van der Waals surface area (Å²) in [6.45, 7) is 5.10. The summed E-state index contributed by atoms with van der Waals surface area (Å²) in [5.41, 5.74) is 2.85. The zero-order valence-corrected chi connectivity index (χ0v) is 24.0. The number of carbonyl (C=O) groups excluding carboxylic acids is 1. The Bertz CT molecular complexity index is 1300. The molecule has 3 heterocycles. The Kier molecular flexibility index (Phi) is 9.24. The number of pyridine rings is 1. The molecule has 0 unspecified atom stereocenters. The molecule has 1 fully saturated rings. The fourth-order valence-corrected chi connectivity index (χ4v) is 5.41. The molecule has 10 heteroatoms. The standard InChI is InChI=1S/C30H38ClN5O4/c1-3-35(2)29-14-21(13-28(34-29)33-22-5-4-6-22)26(38)9-8-23(37)17-36-12-11-25-20(16-36)7-10-27(30(25)31)39-18-24-15-32-19-40-24/h7,10,13-15,19,22-23,37H,3-6,8-9,11-12,16-18H2,1-2H3,(H,33,34)/t23-/m0/s1. The van der Waals surface area contributed by atoms with Gasteiger partial charge in [-0.15, -0.1) is 0 Å². The van der Waals surface area contributed by atoms with Crippen molar-refractivity contribution in [3.63, 3.8) is 0 Å². The SMILES string of the molecule is CCN(C)c1cc(C(=O)CC[C@H](O)CN2CCc3c(ccc(OCc4cnco4)c3Cl)C2)cc(NC2CCC2)n1. The van der Waals surface area contributed by atoms with Crippen molar-refractivity contribution in [1.29, 1.82) is 0 Å². The van der Waals surface area contributed by atoms with Crippen molar-refractivity contribution in [2.24, 2.45) is 0 Å². The fourth-order valence-electron chi connectivity index (χ4n) is 5.08. The molecule has 2 aliphatic rings. The minimum atomic E-state index is -0.599. The lowest BCUT2D eigenvalue weighted by molar-refractivity contribution is 0.0836. The van der Waals surface area contributed by atoms with Gasteiger partial charge in [0.05, 0.1) is 17.3 Å². The normalized spacial score (nSPS) is 16.2. The first-order valence-corrected chi connectivity index (χ1v) is 14.5. The van der Waals surface area contributed by atoms with Gasteiger partial charge in [0.25, 0.3) is 0 Å². The molecule has 1 saturated carbocycles. The van der Waals surface area contributed by atoms with E-state index in [-0.39, 0.29) is 18.8 Å². The molecule has 214 valence electrons. The smallest absolute Gasteiger partial charge is 0.181 e. The van der Waals surface area contributed by atoms with Gasteiger partial charge in [-0.2, -0.15) is 0 Å². The van der Waals surface area contributed by atoms with E-state index in [2.05, 4.69) is 22.1 Å². The second kappa shape index (κ2) is 13.0. The molecule has 1 aliphatic carbocycles. The number of hydrogen-bond donors (Lipinski definition) is 2. The minimum absolute atomic E-state index is 0.0255. The molecule has 1 atom stereocenters. The number of anilines is 2. The largest absolute Gasteiger partial charge is 0.484 e. The summed E-state index contributed by atoms with van der Waals surface area (Å²) in [4.78, 5) is 26.0. The number of benzene rings is 1. The molecule has 2 aromatic heterocycles. The lowest BCUT2D eigenvalue weighted by Crippen LogP contribution is -2.37. The topological polar surface area (TPSA) is 104 Å². The number of rotatable bonds is 13. The van der Waals surface area contributed by atoms with E-state index in [1.165, 1.54) is 12.8 Å². The number of halogens is 1. The number of carbonyl (C=O) groups is 1. The third-order valence-electron chi connectivity index (χ3n) is 7.86. The summed E-state index contributed by atoms with van der Waals surface area (Å²) in [5, 5.41) is 14.9. The van der Waals surface area contributed by atoms with Gasteiger partial charge in [0.1, 0.15) is 24.0 Å². The average molecular weight is 568 g/mol. The molecule has 3 aromatic rings. The lowest BCUT2D eigenvalue weighted by atomic mass is 9.93. The number of fused-ring (bicyclic) bond motifs is 1. The first-order chi connectivity index (χ1) is 19.4. The van der Waals surface area contributed by atoms with Crippen molar-refractivity contribution in [2.75, 3.05) is 36.9 Å². The highest BCUT2D eigenvalue weighted by atomic mass is 35.5. The van der Waals surface area contributed by atoms with Crippen LogP contribution in [0.2, 0.25) is 5.02 Å². The summed E-state index contributed by atoms with van der Waals surface area (Å²) in [6.07, 6.45) is 7.35. The van der Waals surface area contributed by atoms with Gasteiger partial charge in [0.15, 0.2) is 17.9 Å². The molecule has 0 spiro atoms. The number of aliphatic hydroxyl groups excluding tert-OH is 1. The maximum Gasteiger partial charge on any atom is 0.181 e. The number of nitrogens with one attached hydrogen (secondary N) is 1. The summed E-state index contributed by atoms with van der Waals surface area (Å²) >= 11 is 6.66. The molecule has 0 radical (unpaired) electrons.